The Hall–Kier alpha value is -0.0800. The van der Waals surface area contributed by atoms with Gasteiger partial charge in [0.15, 0.2) is 0 Å². The van der Waals surface area contributed by atoms with Crippen LogP contribution in [0.5, 0.6) is 0 Å². The summed E-state index contributed by atoms with van der Waals surface area (Å²) in [6.07, 6.45) is 1.12. The number of hydrogen-bond donors (Lipinski definition) is 2. The highest BCUT2D eigenvalue weighted by molar-refractivity contribution is 4.60. The van der Waals surface area contributed by atoms with Crippen molar-refractivity contribution in [2.45, 2.75) is 27.2 Å². The Morgan fingerprint density at radius 2 is 1.56 bits per heavy atom. The molecule has 0 fully saturated rings. The van der Waals surface area contributed by atoms with E-state index in [0.29, 0.717) is 5.41 Å². The highest BCUT2D eigenvalue weighted by Crippen LogP contribution is 2.15. The molecule has 3 N–H and O–H groups in total. The summed E-state index contributed by atoms with van der Waals surface area (Å²) < 4.78 is 0. The van der Waals surface area contributed by atoms with Gasteiger partial charge in [-0.3, -0.25) is 0 Å². The van der Waals surface area contributed by atoms with Crippen LogP contribution in [-0.2, 0) is 0 Å². The Bertz CT molecular complexity index is 47.4. The molecule has 0 aromatic heterocycles. The van der Waals surface area contributed by atoms with E-state index in [1.165, 1.54) is 0 Å². The predicted molar refractivity (Wildman–Crippen MR) is 41.3 cm³/mol. The SMILES string of the molecule is CC(C)(C)CCN.CO. The summed E-state index contributed by atoms with van der Waals surface area (Å²) in [4.78, 5) is 0. The van der Waals surface area contributed by atoms with Crippen LogP contribution in [0, 0.1) is 5.41 Å². The van der Waals surface area contributed by atoms with E-state index >= 15 is 0 Å². The largest absolute Gasteiger partial charge is 0.400 e. The van der Waals surface area contributed by atoms with Crippen LogP contribution in [0.3, 0.4) is 0 Å². The van der Waals surface area contributed by atoms with Crippen LogP contribution in [0.1, 0.15) is 27.2 Å². The third-order valence-corrected chi connectivity index (χ3v) is 0.894. The third kappa shape index (κ3) is 18.1. The smallest absolute Gasteiger partial charge is 0.0319 e. The quantitative estimate of drug-likeness (QED) is 0.560. The fourth-order valence-electron chi connectivity index (χ4n) is 0.433. The fourth-order valence-corrected chi connectivity index (χ4v) is 0.433. The maximum absolute atomic E-state index is 7.00. The number of rotatable bonds is 1. The number of aliphatic hydroxyl groups excluding tert-OH is 1. The zero-order valence-electron chi connectivity index (χ0n) is 6.94. The van der Waals surface area contributed by atoms with Gasteiger partial charge in [-0.25, -0.2) is 0 Å². The summed E-state index contributed by atoms with van der Waals surface area (Å²) in [5.41, 5.74) is 5.74. The first-order valence-electron chi connectivity index (χ1n) is 3.21. The van der Waals surface area contributed by atoms with Crippen molar-refractivity contribution in [3.8, 4) is 0 Å². The number of hydrogen-bond acceptors (Lipinski definition) is 2. The molecule has 2 heteroatoms. The predicted octanol–water partition coefficient (Wildman–Crippen LogP) is 0.990. The van der Waals surface area contributed by atoms with Gasteiger partial charge in [0, 0.05) is 7.11 Å². The second-order valence-electron chi connectivity index (χ2n) is 3.10. The van der Waals surface area contributed by atoms with E-state index < -0.39 is 0 Å². The molecule has 0 amide bonds. The third-order valence-electron chi connectivity index (χ3n) is 0.894. The van der Waals surface area contributed by atoms with E-state index in [1.54, 1.807) is 0 Å². The van der Waals surface area contributed by atoms with Gasteiger partial charge in [0.2, 0.25) is 0 Å². The summed E-state index contributed by atoms with van der Waals surface area (Å²) in [6, 6.07) is 0. The zero-order chi connectivity index (χ0) is 7.91. The van der Waals surface area contributed by atoms with Gasteiger partial charge in [0.05, 0.1) is 0 Å². The summed E-state index contributed by atoms with van der Waals surface area (Å²) in [6.45, 7) is 7.39. The second-order valence-corrected chi connectivity index (χ2v) is 3.10. The Labute approximate surface area is 58.1 Å². The molecule has 2 nitrogen and oxygen atoms in total. The highest BCUT2D eigenvalue weighted by atomic mass is 16.2. The van der Waals surface area contributed by atoms with Gasteiger partial charge in [-0.05, 0) is 18.4 Å². The average Bonchev–Trinajstić information content (AvgIpc) is 1.69. The molecule has 0 atom stereocenters. The van der Waals surface area contributed by atoms with Crippen molar-refractivity contribution in [3.63, 3.8) is 0 Å². The van der Waals surface area contributed by atoms with Crippen molar-refractivity contribution in [2.24, 2.45) is 11.1 Å². The van der Waals surface area contributed by atoms with Gasteiger partial charge in [-0.2, -0.15) is 0 Å². The minimum atomic E-state index is 0.425. The zero-order valence-corrected chi connectivity index (χ0v) is 6.94. The molecule has 9 heavy (non-hydrogen) atoms. The lowest BCUT2D eigenvalue weighted by Gasteiger charge is -2.15. The van der Waals surface area contributed by atoms with Crippen LogP contribution >= 0.6 is 0 Å². The molecule has 0 aromatic rings. The van der Waals surface area contributed by atoms with E-state index in [-0.39, 0.29) is 0 Å². The summed E-state index contributed by atoms with van der Waals surface area (Å²) in [5.74, 6) is 0. The number of nitrogens with two attached hydrogens (primary N) is 1. The molecular weight excluding hydrogens is 114 g/mol. The average molecular weight is 133 g/mol. The van der Waals surface area contributed by atoms with E-state index in [2.05, 4.69) is 20.8 Å². The molecule has 0 radical (unpaired) electrons. The van der Waals surface area contributed by atoms with Crippen molar-refractivity contribution in [3.05, 3.63) is 0 Å². The summed E-state index contributed by atoms with van der Waals surface area (Å²) in [7, 11) is 1.00. The van der Waals surface area contributed by atoms with E-state index in [9.17, 15) is 0 Å². The van der Waals surface area contributed by atoms with E-state index in [4.69, 9.17) is 10.8 Å². The van der Waals surface area contributed by atoms with Crippen LogP contribution in [0.2, 0.25) is 0 Å². The molecule has 0 aliphatic carbocycles. The van der Waals surface area contributed by atoms with Crippen molar-refractivity contribution in [1.82, 2.24) is 0 Å². The van der Waals surface area contributed by atoms with Gasteiger partial charge in [-0.1, -0.05) is 20.8 Å². The van der Waals surface area contributed by atoms with Gasteiger partial charge >= 0.3 is 0 Å². The topological polar surface area (TPSA) is 46.2 Å². The molecular formula is C7H19NO. The summed E-state index contributed by atoms with van der Waals surface area (Å²) >= 11 is 0. The molecule has 0 aliphatic rings. The molecule has 58 valence electrons. The second kappa shape index (κ2) is 6.05. The molecule has 0 saturated heterocycles. The first kappa shape index (κ1) is 11.7. The summed E-state index contributed by atoms with van der Waals surface area (Å²) in [5, 5.41) is 7.00. The first-order chi connectivity index (χ1) is 4.06. The minimum Gasteiger partial charge on any atom is -0.400 e. The van der Waals surface area contributed by atoms with Crippen LogP contribution in [0.25, 0.3) is 0 Å². The molecule has 0 unspecified atom stereocenters. The van der Waals surface area contributed by atoms with Crippen molar-refractivity contribution in [1.29, 1.82) is 0 Å². The van der Waals surface area contributed by atoms with E-state index in [0.717, 1.165) is 20.1 Å². The fraction of sp³-hybridized carbons (Fsp3) is 1.00. The molecule has 0 saturated carbocycles. The maximum Gasteiger partial charge on any atom is 0.0319 e. The lowest BCUT2D eigenvalue weighted by molar-refractivity contribution is 0.385. The van der Waals surface area contributed by atoms with E-state index in [1.807, 2.05) is 0 Å². The molecule has 0 heterocycles. The molecule has 0 aromatic carbocycles. The van der Waals surface area contributed by atoms with Crippen LogP contribution in [0.4, 0.5) is 0 Å². The Morgan fingerprint density at radius 1 is 1.22 bits per heavy atom. The van der Waals surface area contributed by atoms with Crippen molar-refractivity contribution < 1.29 is 5.11 Å². The Morgan fingerprint density at radius 3 is 1.56 bits per heavy atom. The Kier molecular flexibility index (Phi) is 7.85. The number of aliphatic hydroxyl groups is 1. The van der Waals surface area contributed by atoms with Gasteiger partial charge in [0.1, 0.15) is 0 Å². The molecule has 0 aliphatic heterocycles. The lowest BCUT2D eigenvalue weighted by atomic mass is 9.93. The maximum atomic E-state index is 7.00. The van der Waals surface area contributed by atoms with Gasteiger partial charge < -0.3 is 10.8 Å². The molecule has 0 bridgehead atoms. The van der Waals surface area contributed by atoms with Gasteiger partial charge in [-0.15, -0.1) is 0 Å². The molecule has 0 rings (SSSR count). The first-order valence-corrected chi connectivity index (χ1v) is 3.21. The van der Waals surface area contributed by atoms with Crippen molar-refractivity contribution in [2.75, 3.05) is 13.7 Å². The lowest BCUT2D eigenvalue weighted by Crippen LogP contribution is -2.12. The van der Waals surface area contributed by atoms with Crippen LogP contribution < -0.4 is 5.73 Å². The normalized spacial score (nSPS) is 10.0. The monoisotopic (exact) mass is 133 g/mol. The van der Waals surface area contributed by atoms with Crippen molar-refractivity contribution >= 4 is 0 Å². The van der Waals surface area contributed by atoms with Crippen LogP contribution in [0.15, 0.2) is 0 Å². The van der Waals surface area contributed by atoms with Gasteiger partial charge in [0.25, 0.3) is 0 Å². The molecule has 0 spiro atoms. The highest BCUT2D eigenvalue weighted by Gasteiger charge is 2.06. The van der Waals surface area contributed by atoms with Crippen LogP contribution in [-0.4, -0.2) is 18.8 Å². The Balaban J connectivity index is 0. The standard InChI is InChI=1S/C6H15N.CH4O/c1-6(2,3)4-5-7;1-2/h4-5,7H2,1-3H3;2H,1H3. The minimum absolute atomic E-state index is 0.425.